The molecule has 0 aliphatic heterocycles. The number of rotatable bonds is 6. The van der Waals surface area contributed by atoms with Crippen LogP contribution in [-0.4, -0.2) is 31.6 Å². The second-order valence-corrected chi connectivity index (χ2v) is 12.1. The Morgan fingerprint density at radius 1 is 1.19 bits per heavy atom. The third-order valence-electron chi connectivity index (χ3n) is 6.34. The summed E-state index contributed by atoms with van der Waals surface area (Å²) in [6.45, 7) is 11.9. The molecule has 2 aromatic heterocycles. The number of hydrogen-bond acceptors (Lipinski definition) is 8. The predicted molar refractivity (Wildman–Crippen MR) is 143 cm³/mol. The Kier molecular flexibility index (Phi) is 7.48. The van der Waals surface area contributed by atoms with Crippen molar-refractivity contribution < 1.29 is 14.6 Å². The minimum atomic E-state index is -1.02. The summed E-state index contributed by atoms with van der Waals surface area (Å²) in [6.07, 6.45) is 5.77. The highest BCUT2D eigenvalue weighted by atomic mass is 32.1. The number of carbonyl (C=O) groups excluding carboxylic acids is 1. The summed E-state index contributed by atoms with van der Waals surface area (Å²) < 4.78 is 5.55. The van der Waals surface area contributed by atoms with E-state index in [1.165, 1.54) is 11.3 Å². The summed E-state index contributed by atoms with van der Waals surface area (Å²) in [6, 6.07) is 8.15. The summed E-state index contributed by atoms with van der Waals surface area (Å²) in [4.78, 5) is 27.0. The van der Waals surface area contributed by atoms with Gasteiger partial charge in [0.05, 0.1) is 10.8 Å². The normalized spacial score (nSPS) is 20.4. The topological polar surface area (TPSA) is 97.2 Å². The van der Waals surface area contributed by atoms with Gasteiger partial charge in [-0.3, -0.25) is 4.79 Å². The second-order valence-electron chi connectivity index (χ2n) is 11.0. The molecule has 0 bridgehead atoms. The van der Waals surface area contributed by atoms with Gasteiger partial charge in [0, 0.05) is 23.8 Å². The van der Waals surface area contributed by atoms with Crippen molar-refractivity contribution in [1.29, 1.82) is 0 Å². The van der Waals surface area contributed by atoms with Crippen LogP contribution in [0, 0.1) is 12.8 Å². The Hall–Kier alpha value is -2.84. The summed E-state index contributed by atoms with van der Waals surface area (Å²) >= 11 is 1.50. The zero-order chi connectivity index (χ0) is 26.1. The number of nitrogens with one attached hydrogen (secondary N) is 1. The van der Waals surface area contributed by atoms with E-state index in [1.54, 1.807) is 6.20 Å². The van der Waals surface area contributed by atoms with Gasteiger partial charge in [-0.25, -0.2) is 15.0 Å². The Balaban J connectivity index is 1.48. The van der Waals surface area contributed by atoms with Crippen molar-refractivity contribution in [3.63, 3.8) is 0 Å². The lowest BCUT2D eigenvalue weighted by atomic mass is 9.79. The van der Waals surface area contributed by atoms with Gasteiger partial charge >= 0.3 is 5.97 Å². The lowest BCUT2D eigenvalue weighted by Gasteiger charge is -2.34. The largest absolute Gasteiger partial charge is 0.460 e. The molecule has 0 spiro atoms. The summed E-state index contributed by atoms with van der Waals surface area (Å²) in [5.74, 6) is 0.541. The lowest BCUT2D eigenvalue weighted by molar-refractivity contribution is -0.163. The number of anilines is 2. The van der Waals surface area contributed by atoms with Crippen LogP contribution in [0.5, 0.6) is 0 Å². The van der Waals surface area contributed by atoms with Gasteiger partial charge in [-0.05, 0) is 88.6 Å². The Labute approximate surface area is 217 Å². The molecule has 1 saturated carbocycles. The minimum absolute atomic E-state index is 0.174. The van der Waals surface area contributed by atoms with Crippen LogP contribution in [0.15, 0.2) is 36.7 Å². The van der Waals surface area contributed by atoms with Crippen molar-refractivity contribution in [2.45, 2.75) is 84.3 Å². The molecule has 1 aliphatic carbocycles. The number of benzene rings is 1. The molecule has 0 amide bonds. The molecule has 192 valence electrons. The molecule has 1 aromatic carbocycles. The van der Waals surface area contributed by atoms with E-state index in [2.05, 4.69) is 52.3 Å². The molecule has 7 nitrogen and oxygen atoms in total. The zero-order valence-corrected chi connectivity index (χ0v) is 22.8. The van der Waals surface area contributed by atoms with Gasteiger partial charge in [0.1, 0.15) is 16.2 Å². The van der Waals surface area contributed by atoms with Gasteiger partial charge < -0.3 is 15.2 Å². The number of aliphatic hydroxyl groups is 1. The van der Waals surface area contributed by atoms with Gasteiger partial charge in [-0.1, -0.05) is 19.9 Å². The Bertz CT molecular complexity index is 1220. The average Bonchev–Trinajstić information content (AvgIpc) is 3.30. The fourth-order valence-electron chi connectivity index (χ4n) is 4.43. The van der Waals surface area contributed by atoms with Crippen LogP contribution >= 0.6 is 11.3 Å². The van der Waals surface area contributed by atoms with Gasteiger partial charge in [0.15, 0.2) is 0 Å². The molecule has 1 aliphatic rings. The number of esters is 1. The molecule has 8 heteroatoms. The maximum Gasteiger partial charge on any atom is 0.309 e. The van der Waals surface area contributed by atoms with Crippen LogP contribution < -0.4 is 5.32 Å². The molecule has 0 radical (unpaired) electrons. The molecule has 0 unspecified atom stereocenters. The second kappa shape index (κ2) is 10.3. The van der Waals surface area contributed by atoms with Gasteiger partial charge in [-0.15, -0.1) is 11.3 Å². The number of nitrogens with zero attached hydrogens (tertiary/aromatic N) is 3. The van der Waals surface area contributed by atoms with E-state index >= 15 is 0 Å². The number of hydrogen-bond donors (Lipinski definition) is 2. The summed E-state index contributed by atoms with van der Waals surface area (Å²) in [7, 11) is 0. The number of thiazole rings is 1. The Morgan fingerprint density at radius 2 is 1.92 bits per heavy atom. The Morgan fingerprint density at radius 3 is 2.58 bits per heavy atom. The molecule has 1 fully saturated rings. The first-order valence-corrected chi connectivity index (χ1v) is 13.4. The zero-order valence-electron chi connectivity index (χ0n) is 22.0. The fourth-order valence-corrected chi connectivity index (χ4v) is 5.48. The molecule has 2 N–H and O–H groups in total. The van der Waals surface area contributed by atoms with Crippen LogP contribution in [0.2, 0.25) is 0 Å². The van der Waals surface area contributed by atoms with Crippen LogP contribution in [0.1, 0.15) is 82.5 Å². The van der Waals surface area contributed by atoms with Crippen molar-refractivity contribution in [2.24, 2.45) is 5.92 Å². The lowest BCUT2D eigenvalue weighted by Crippen LogP contribution is -2.36. The van der Waals surface area contributed by atoms with Crippen molar-refractivity contribution in [3.05, 3.63) is 52.9 Å². The average molecular weight is 509 g/mol. The highest BCUT2D eigenvalue weighted by molar-refractivity contribution is 7.15. The molecule has 36 heavy (non-hydrogen) atoms. The van der Waals surface area contributed by atoms with Gasteiger partial charge in [0.25, 0.3) is 0 Å². The van der Waals surface area contributed by atoms with Gasteiger partial charge in [-0.2, -0.15) is 0 Å². The first kappa shape index (κ1) is 26.2. The van der Waals surface area contributed by atoms with Crippen molar-refractivity contribution in [1.82, 2.24) is 15.0 Å². The molecular formula is C28H36N4O3S. The molecule has 2 heterocycles. The van der Waals surface area contributed by atoms with E-state index in [-0.39, 0.29) is 11.9 Å². The predicted octanol–water partition coefficient (Wildman–Crippen LogP) is 6.50. The number of carbonyl (C=O) groups is 1. The van der Waals surface area contributed by atoms with E-state index < -0.39 is 11.2 Å². The van der Waals surface area contributed by atoms with Crippen LogP contribution in [-0.2, 0) is 15.1 Å². The molecule has 4 rings (SSSR count). The molecule has 3 aromatic rings. The van der Waals surface area contributed by atoms with Crippen LogP contribution in [0.25, 0.3) is 10.4 Å². The maximum absolute atomic E-state index is 12.5. The smallest absolute Gasteiger partial charge is 0.309 e. The molecular weight excluding hydrogens is 472 g/mol. The SMILES string of the molecule is Cc1cc(Nc2nccc(C(C)C)n2)cc(-c2cnc(C3(O)CCC(C(=O)OC(C)(C)C)CC3)s2)c1. The van der Waals surface area contributed by atoms with Crippen LogP contribution in [0.4, 0.5) is 11.6 Å². The molecule has 0 saturated heterocycles. The van der Waals surface area contributed by atoms with Crippen LogP contribution in [0.3, 0.4) is 0 Å². The minimum Gasteiger partial charge on any atom is -0.460 e. The van der Waals surface area contributed by atoms with E-state index in [1.807, 2.05) is 40.0 Å². The number of aromatic nitrogens is 3. The first-order chi connectivity index (χ1) is 16.9. The summed E-state index contributed by atoms with van der Waals surface area (Å²) in [5.41, 5.74) is 2.49. The maximum atomic E-state index is 12.5. The highest BCUT2D eigenvalue weighted by Crippen LogP contribution is 2.43. The standard InChI is InChI=1S/C28H36N4O3S/c1-17(2)22-9-12-29-26(32-22)31-21-14-18(3)13-20(15-21)23-16-30-25(36-23)28(34)10-7-19(8-11-28)24(33)35-27(4,5)6/h9,12-17,19,34H,7-8,10-11H2,1-6H3,(H,29,31,32). The number of ether oxygens (including phenoxy) is 1. The fraction of sp³-hybridized carbons (Fsp3) is 0.500. The first-order valence-electron chi connectivity index (χ1n) is 12.6. The number of aryl methyl sites for hydroxylation is 1. The third kappa shape index (κ3) is 6.28. The quantitative estimate of drug-likeness (QED) is 0.367. The monoisotopic (exact) mass is 508 g/mol. The highest BCUT2D eigenvalue weighted by Gasteiger charge is 2.40. The van der Waals surface area contributed by atoms with Crippen molar-refractivity contribution in [3.8, 4) is 10.4 Å². The van der Waals surface area contributed by atoms with E-state index in [4.69, 9.17) is 4.74 Å². The third-order valence-corrected chi connectivity index (χ3v) is 7.58. The van der Waals surface area contributed by atoms with Gasteiger partial charge in [0.2, 0.25) is 5.95 Å². The van der Waals surface area contributed by atoms with E-state index in [0.29, 0.717) is 42.6 Å². The van der Waals surface area contributed by atoms with E-state index in [9.17, 15) is 9.90 Å². The molecule has 0 atom stereocenters. The van der Waals surface area contributed by atoms with Crippen molar-refractivity contribution >= 4 is 28.9 Å². The van der Waals surface area contributed by atoms with Crippen molar-refractivity contribution in [2.75, 3.05) is 5.32 Å². The summed E-state index contributed by atoms with van der Waals surface area (Å²) in [5, 5.41) is 15.4. The van der Waals surface area contributed by atoms with E-state index in [0.717, 1.165) is 27.4 Å².